The standard InChI is InChI=1S/C20H21F3N4O/c1-12-6-8-25-18(10-12)26-17-7-9-27(11-16(17)24)19(28)14-4-3-5-15(13(14)2)20(21,22)23/h3-6,8,10H,7,9,11,24H2,1-2H3,(H,25,26). The Labute approximate surface area is 161 Å². The zero-order valence-corrected chi connectivity index (χ0v) is 15.6. The molecule has 1 aliphatic heterocycles. The molecule has 5 nitrogen and oxygen atoms in total. The summed E-state index contributed by atoms with van der Waals surface area (Å²) in [6.45, 7) is 3.75. The van der Waals surface area contributed by atoms with Gasteiger partial charge in [0.05, 0.1) is 12.1 Å². The lowest BCUT2D eigenvalue weighted by atomic mass is 10.00. The first-order valence-corrected chi connectivity index (χ1v) is 8.80. The van der Waals surface area contributed by atoms with Crippen molar-refractivity contribution in [2.45, 2.75) is 26.4 Å². The Morgan fingerprint density at radius 1 is 1.25 bits per heavy atom. The number of nitrogens with two attached hydrogens (primary N) is 1. The van der Waals surface area contributed by atoms with E-state index < -0.39 is 17.6 Å². The van der Waals surface area contributed by atoms with Crippen molar-refractivity contribution in [3.05, 3.63) is 70.2 Å². The van der Waals surface area contributed by atoms with Crippen LogP contribution in [0.1, 0.15) is 33.5 Å². The van der Waals surface area contributed by atoms with Crippen molar-refractivity contribution < 1.29 is 18.0 Å². The van der Waals surface area contributed by atoms with Crippen LogP contribution in [-0.2, 0) is 6.18 Å². The monoisotopic (exact) mass is 390 g/mol. The van der Waals surface area contributed by atoms with E-state index in [1.807, 2.05) is 19.1 Å². The molecule has 148 valence electrons. The van der Waals surface area contributed by atoms with E-state index >= 15 is 0 Å². The smallest absolute Gasteiger partial charge is 0.399 e. The van der Waals surface area contributed by atoms with E-state index in [4.69, 9.17) is 5.73 Å². The Morgan fingerprint density at radius 3 is 2.64 bits per heavy atom. The molecule has 0 atom stereocenters. The minimum absolute atomic E-state index is 0.0411. The van der Waals surface area contributed by atoms with E-state index in [0.29, 0.717) is 24.5 Å². The molecule has 1 aromatic heterocycles. The highest BCUT2D eigenvalue weighted by Gasteiger charge is 2.34. The van der Waals surface area contributed by atoms with Crippen LogP contribution in [0.4, 0.5) is 19.0 Å². The number of hydrogen-bond donors (Lipinski definition) is 2. The molecule has 1 aromatic carbocycles. The molecule has 0 saturated carbocycles. The van der Waals surface area contributed by atoms with E-state index in [2.05, 4.69) is 10.3 Å². The molecule has 0 bridgehead atoms. The van der Waals surface area contributed by atoms with Crippen molar-refractivity contribution in [2.75, 3.05) is 18.4 Å². The number of aryl methyl sites for hydroxylation is 1. The number of alkyl halides is 3. The lowest BCUT2D eigenvalue weighted by molar-refractivity contribution is -0.138. The maximum absolute atomic E-state index is 13.1. The first-order chi connectivity index (χ1) is 13.2. The van der Waals surface area contributed by atoms with Gasteiger partial charge in [-0.25, -0.2) is 4.98 Å². The fourth-order valence-electron chi connectivity index (χ4n) is 3.21. The van der Waals surface area contributed by atoms with E-state index in [1.165, 1.54) is 24.0 Å². The molecule has 0 aliphatic carbocycles. The molecule has 2 heterocycles. The Balaban J connectivity index is 1.78. The first-order valence-electron chi connectivity index (χ1n) is 8.80. The number of pyridine rings is 1. The molecule has 3 rings (SSSR count). The van der Waals surface area contributed by atoms with Crippen LogP contribution < -0.4 is 11.1 Å². The molecule has 0 unspecified atom stereocenters. The molecule has 0 saturated heterocycles. The van der Waals surface area contributed by atoms with Crippen LogP contribution in [0.25, 0.3) is 0 Å². The van der Waals surface area contributed by atoms with Crippen LogP contribution in [0, 0.1) is 13.8 Å². The number of amides is 1. The zero-order chi connectivity index (χ0) is 20.5. The number of aromatic nitrogens is 1. The summed E-state index contributed by atoms with van der Waals surface area (Å²) in [6, 6.07) is 7.40. The Kier molecular flexibility index (Phi) is 5.31. The lowest BCUT2D eigenvalue weighted by Gasteiger charge is -2.30. The number of hydrogen-bond acceptors (Lipinski definition) is 4. The van der Waals surface area contributed by atoms with Crippen LogP contribution in [0.2, 0.25) is 0 Å². The van der Waals surface area contributed by atoms with Crippen molar-refractivity contribution in [1.82, 2.24) is 9.88 Å². The van der Waals surface area contributed by atoms with Gasteiger partial charge < -0.3 is 16.0 Å². The lowest BCUT2D eigenvalue weighted by Crippen LogP contribution is -2.40. The van der Waals surface area contributed by atoms with E-state index in [-0.39, 0.29) is 17.7 Å². The van der Waals surface area contributed by atoms with Crippen molar-refractivity contribution in [3.63, 3.8) is 0 Å². The average Bonchev–Trinajstić information content (AvgIpc) is 2.62. The van der Waals surface area contributed by atoms with Crippen LogP contribution in [0.15, 0.2) is 47.9 Å². The second kappa shape index (κ2) is 7.53. The molecule has 8 heteroatoms. The summed E-state index contributed by atoms with van der Waals surface area (Å²) in [5, 5.41) is 3.17. The van der Waals surface area contributed by atoms with Gasteiger partial charge in [0, 0.05) is 36.1 Å². The van der Waals surface area contributed by atoms with Gasteiger partial charge >= 0.3 is 6.18 Å². The minimum atomic E-state index is -4.50. The molecule has 0 spiro atoms. The van der Waals surface area contributed by atoms with Crippen LogP contribution in [0.3, 0.4) is 0 Å². The average molecular weight is 390 g/mol. The zero-order valence-electron chi connectivity index (χ0n) is 15.6. The maximum Gasteiger partial charge on any atom is 0.416 e. The summed E-state index contributed by atoms with van der Waals surface area (Å²) < 4.78 is 39.3. The third-order valence-corrected chi connectivity index (χ3v) is 4.73. The summed E-state index contributed by atoms with van der Waals surface area (Å²) >= 11 is 0. The third-order valence-electron chi connectivity index (χ3n) is 4.73. The van der Waals surface area contributed by atoms with Crippen molar-refractivity contribution >= 4 is 11.7 Å². The van der Waals surface area contributed by atoms with E-state index in [9.17, 15) is 18.0 Å². The topological polar surface area (TPSA) is 71.2 Å². The molecule has 3 N–H and O–H groups in total. The first kappa shape index (κ1) is 19.7. The maximum atomic E-state index is 13.1. The third kappa shape index (κ3) is 4.11. The van der Waals surface area contributed by atoms with Gasteiger partial charge in [0.1, 0.15) is 5.82 Å². The predicted octanol–water partition coefficient (Wildman–Crippen LogP) is 3.85. The second-order valence-electron chi connectivity index (χ2n) is 6.80. The number of carbonyl (C=O) groups is 1. The van der Waals surface area contributed by atoms with Crippen molar-refractivity contribution in [3.8, 4) is 0 Å². The van der Waals surface area contributed by atoms with Gasteiger partial charge in [0.25, 0.3) is 5.91 Å². The van der Waals surface area contributed by atoms with Crippen molar-refractivity contribution in [2.24, 2.45) is 5.73 Å². The highest BCUT2D eigenvalue weighted by atomic mass is 19.4. The van der Waals surface area contributed by atoms with Crippen LogP contribution in [0.5, 0.6) is 0 Å². The predicted molar refractivity (Wildman–Crippen MR) is 101 cm³/mol. The van der Waals surface area contributed by atoms with Gasteiger partial charge in [-0.15, -0.1) is 0 Å². The highest BCUT2D eigenvalue weighted by Crippen LogP contribution is 2.33. The fourth-order valence-corrected chi connectivity index (χ4v) is 3.21. The number of nitrogens with zero attached hydrogens (tertiary/aromatic N) is 2. The van der Waals surface area contributed by atoms with Gasteiger partial charge in [-0.1, -0.05) is 6.07 Å². The van der Waals surface area contributed by atoms with E-state index in [1.54, 1.807) is 6.20 Å². The largest absolute Gasteiger partial charge is 0.416 e. The summed E-state index contributed by atoms with van der Waals surface area (Å²) in [6.07, 6.45) is -2.35. The summed E-state index contributed by atoms with van der Waals surface area (Å²) in [5.41, 5.74) is 7.57. The van der Waals surface area contributed by atoms with Gasteiger partial charge in [0.2, 0.25) is 0 Å². The normalized spacial score (nSPS) is 15.0. The number of anilines is 1. The Morgan fingerprint density at radius 2 is 2.00 bits per heavy atom. The highest BCUT2D eigenvalue weighted by molar-refractivity contribution is 5.96. The number of nitrogens with one attached hydrogen (secondary N) is 1. The van der Waals surface area contributed by atoms with Crippen LogP contribution in [-0.4, -0.2) is 28.9 Å². The number of halogens is 3. The number of benzene rings is 1. The Bertz CT molecular complexity index is 937. The van der Waals surface area contributed by atoms with Crippen LogP contribution >= 0.6 is 0 Å². The summed E-state index contributed by atoms with van der Waals surface area (Å²) in [4.78, 5) is 18.5. The second-order valence-corrected chi connectivity index (χ2v) is 6.80. The van der Waals surface area contributed by atoms with Gasteiger partial charge in [-0.3, -0.25) is 4.79 Å². The summed E-state index contributed by atoms with van der Waals surface area (Å²) in [5.74, 6) is 0.200. The molecule has 1 amide bonds. The molecule has 0 radical (unpaired) electrons. The van der Waals surface area contributed by atoms with Crippen molar-refractivity contribution in [1.29, 1.82) is 0 Å². The SMILES string of the molecule is Cc1ccnc(NC2=C(N)CN(C(=O)c3cccc(C(F)(F)F)c3C)CC2)c1. The molecular formula is C20H21F3N4O. The quantitative estimate of drug-likeness (QED) is 0.835. The molecule has 28 heavy (non-hydrogen) atoms. The molecule has 0 fully saturated rings. The van der Waals surface area contributed by atoms with E-state index in [0.717, 1.165) is 17.3 Å². The van der Waals surface area contributed by atoms with Gasteiger partial charge in [0.15, 0.2) is 0 Å². The molecule has 1 aliphatic rings. The molecule has 2 aromatic rings. The fraction of sp³-hybridized carbons (Fsp3) is 0.300. The molecular weight excluding hydrogens is 369 g/mol. The van der Waals surface area contributed by atoms with Gasteiger partial charge in [-0.05, 0) is 49.2 Å². The Hall–Kier alpha value is -3.03. The summed E-state index contributed by atoms with van der Waals surface area (Å²) in [7, 11) is 0. The number of carbonyl (C=O) groups excluding carboxylic acids is 1. The van der Waals surface area contributed by atoms with Gasteiger partial charge in [-0.2, -0.15) is 13.2 Å². The minimum Gasteiger partial charge on any atom is -0.399 e. The number of rotatable bonds is 3.